The second kappa shape index (κ2) is 5.85. The van der Waals surface area contributed by atoms with Crippen molar-refractivity contribution < 1.29 is 28.8 Å². The molecule has 0 aliphatic heterocycles. The number of carbonyl (C=O) groups is 1. The summed E-state index contributed by atoms with van der Waals surface area (Å²) in [5.74, 6) is -3.01. The molecule has 0 spiro atoms. The van der Waals surface area contributed by atoms with E-state index in [9.17, 15) is 13.2 Å². The van der Waals surface area contributed by atoms with Crippen molar-refractivity contribution in [3.8, 4) is 0 Å². The molecular weight excluding hydrogens is 199 g/mol. The van der Waals surface area contributed by atoms with Crippen molar-refractivity contribution in [2.45, 2.75) is 45.3 Å². The smallest absolute Gasteiger partial charge is 0.430 e. The van der Waals surface area contributed by atoms with Crippen LogP contribution in [-0.2, 0) is 4.79 Å². The lowest BCUT2D eigenvalue weighted by Gasteiger charge is -2.14. The molecule has 0 bridgehead atoms. The number of carboxylic acid groups (broad SMARTS) is 1. The van der Waals surface area contributed by atoms with Crippen molar-refractivity contribution in [1.29, 1.82) is 0 Å². The lowest BCUT2D eigenvalue weighted by molar-refractivity contribution is -0.473. The molecule has 0 aromatic heterocycles. The molecule has 86 valence electrons. The Morgan fingerprint density at radius 3 is 1.50 bits per heavy atom. The fourth-order valence-corrected chi connectivity index (χ4v) is 0.250. The third-order valence-electron chi connectivity index (χ3n) is 1.94. The van der Waals surface area contributed by atoms with Crippen LogP contribution in [0.4, 0.5) is 13.2 Å². The van der Waals surface area contributed by atoms with Crippen LogP contribution >= 0.6 is 0 Å². The maximum absolute atomic E-state index is 10.5. The maximum Gasteiger partial charge on any atom is 0.430 e. The summed E-state index contributed by atoms with van der Waals surface area (Å²) in [4.78, 5) is 8.78. The molecule has 0 aliphatic carbocycles. The minimum Gasteiger partial charge on any atom is -0.542 e. The number of quaternary nitrogens is 1. The van der Waals surface area contributed by atoms with Gasteiger partial charge in [-0.1, -0.05) is 13.8 Å². The molecule has 0 saturated carbocycles. The van der Waals surface area contributed by atoms with Crippen LogP contribution in [0.15, 0.2) is 0 Å². The van der Waals surface area contributed by atoms with E-state index in [2.05, 4.69) is 26.5 Å². The molecule has 3 nitrogen and oxygen atoms in total. The zero-order valence-corrected chi connectivity index (χ0v) is 8.57. The second-order valence-electron chi connectivity index (χ2n) is 3.30. The topological polar surface area (TPSA) is 67.8 Å². The summed E-state index contributed by atoms with van der Waals surface area (Å²) in [6, 6.07) is 0. The highest BCUT2D eigenvalue weighted by Crippen LogP contribution is 2.11. The Morgan fingerprint density at radius 2 is 1.50 bits per heavy atom. The van der Waals surface area contributed by atoms with Gasteiger partial charge in [0.1, 0.15) is 5.97 Å². The van der Waals surface area contributed by atoms with E-state index in [0.717, 1.165) is 0 Å². The Bertz CT molecular complexity index is 172. The van der Waals surface area contributed by atoms with Gasteiger partial charge in [-0.05, 0) is 19.8 Å². The number of carbonyl (C=O) groups excluding carboxylic acids is 1. The standard InChI is InChI=1S/C6H15N.C2HF3O2/c1-4-6(3,7)5-2;3-2(4,5)1(6)7/h4-5,7H2,1-3H3;(H,6,7). The molecular formula is C8H16F3NO2. The van der Waals surface area contributed by atoms with E-state index in [1.807, 2.05) is 0 Å². The van der Waals surface area contributed by atoms with Crippen LogP contribution in [0.1, 0.15) is 33.6 Å². The molecule has 0 fully saturated rings. The Hall–Kier alpha value is -0.780. The molecule has 0 atom stereocenters. The number of halogens is 3. The molecule has 0 heterocycles. The minimum absolute atomic E-state index is 0.333. The summed E-state index contributed by atoms with van der Waals surface area (Å²) in [5, 5.41) is 8.78. The third kappa shape index (κ3) is 9.31. The molecule has 0 saturated heterocycles. The largest absolute Gasteiger partial charge is 0.542 e. The molecule has 3 N–H and O–H groups in total. The zero-order chi connectivity index (χ0) is 12.0. The van der Waals surface area contributed by atoms with E-state index in [-0.39, 0.29) is 0 Å². The van der Waals surface area contributed by atoms with Crippen molar-refractivity contribution in [2.75, 3.05) is 0 Å². The molecule has 0 radical (unpaired) electrons. The first-order valence-electron chi connectivity index (χ1n) is 4.20. The van der Waals surface area contributed by atoms with Crippen LogP contribution in [0.3, 0.4) is 0 Å². The summed E-state index contributed by atoms with van der Waals surface area (Å²) >= 11 is 0. The zero-order valence-electron chi connectivity index (χ0n) is 8.57. The van der Waals surface area contributed by atoms with Gasteiger partial charge in [0.2, 0.25) is 0 Å². The van der Waals surface area contributed by atoms with Gasteiger partial charge >= 0.3 is 6.18 Å². The molecule has 6 heteroatoms. The van der Waals surface area contributed by atoms with Gasteiger partial charge in [-0.15, -0.1) is 0 Å². The van der Waals surface area contributed by atoms with Gasteiger partial charge in [-0.2, -0.15) is 13.2 Å². The summed E-state index contributed by atoms with van der Waals surface area (Å²) in [6.07, 6.45) is -2.83. The van der Waals surface area contributed by atoms with E-state index >= 15 is 0 Å². The van der Waals surface area contributed by atoms with Gasteiger partial charge in [-0.3, -0.25) is 0 Å². The van der Waals surface area contributed by atoms with Crippen LogP contribution in [0, 0.1) is 0 Å². The first-order valence-corrected chi connectivity index (χ1v) is 4.20. The lowest BCUT2D eigenvalue weighted by atomic mass is 9.98. The molecule has 0 aliphatic rings. The average Bonchev–Trinajstić information content (AvgIpc) is 2.04. The Balaban J connectivity index is 0. The SMILES string of the molecule is CCC(C)([NH3+])CC.O=C([O-])C(F)(F)F. The van der Waals surface area contributed by atoms with Gasteiger partial charge in [-0.25, -0.2) is 0 Å². The van der Waals surface area contributed by atoms with Crippen molar-refractivity contribution in [3.63, 3.8) is 0 Å². The predicted molar refractivity (Wildman–Crippen MR) is 42.9 cm³/mol. The Morgan fingerprint density at radius 1 is 1.29 bits per heavy atom. The van der Waals surface area contributed by atoms with E-state index in [4.69, 9.17) is 9.90 Å². The quantitative estimate of drug-likeness (QED) is 0.710. The first-order chi connectivity index (χ1) is 6.06. The van der Waals surface area contributed by atoms with Crippen molar-refractivity contribution >= 4 is 5.97 Å². The number of hydrogen-bond donors (Lipinski definition) is 1. The van der Waals surface area contributed by atoms with Crippen LogP contribution in [0.25, 0.3) is 0 Å². The van der Waals surface area contributed by atoms with E-state index < -0.39 is 12.1 Å². The predicted octanol–water partition coefficient (Wildman–Crippen LogP) is 0.106. The van der Waals surface area contributed by atoms with Crippen LogP contribution in [0.2, 0.25) is 0 Å². The Labute approximate surface area is 81.1 Å². The van der Waals surface area contributed by atoms with Crippen LogP contribution < -0.4 is 10.8 Å². The molecule has 0 unspecified atom stereocenters. The monoisotopic (exact) mass is 215 g/mol. The summed E-state index contributed by atoms with van der Waals surface area (Å²) < 4.78 is 31.5. The van der Waals surface area contributed by atoms with Gasteiger partial charge in [0, 0.05) is 0 Å². The fraction of sp³-hybridized carbons (Fsp3) is 0.875. The summed E-state index contributed by atoms with van der Waals surface area (Å²) in [7, 11) is 0. The average molecular weight is 215 g/mol. The van der Waals surface area contributed by atoms with E-state index in [1.165, 1.54) is 12.8 Å². The normalized spacial score (nSPS) is 11.6. The minimum atomic E-state index is -5.19. The highest BCUT2D eigenvalue weighted by atomic mass is 19.4. The number of carboxylic acids is 1. The molecule has 0 aromatic rings. The summed E-state index contributed by atoms with van der Waals surface area (Å²) in [5.41, 5.74) is 4.34. The number of hydrogen-bond acceptors (Lipinski definition) is 2. The molecule has 0 amide bonds. The van der Waals surface area contributed by atoms with Gasteiger partial charge in [0.05, 0.1) is 5.54 Å². The second-order valence-corrected chi connectivity index (χ2v) is 3.30. The third-order valence-corrected chi connectivity index (χ3v) is 1.94. The highest BCUT2D eigenvalue weighted by Gasteiger charge is 2.28. The number of aliphatic carboxylic acids is 1. The van der Waals surface area contributed by atoms with Gasteiger partial charge in [0.25, 0.3) is 0 Å². The molecule has 0 aromatic carbocycles. The highest BCUT2D eigenvalue weighted by molar-refractivity contribution is 5.70. The molecule has 0 rings (SSSR count). The number of rotatable bonds is 2. The van der Waals surface area contributed by atoms with Crippen molar-refractivity contribution in [2.24, 2.45) is 0 Å². The maximum atomic E-state index is 10.5. The van der Waals surface area contributed by atoms with Gasteiger partial charge < -0.3 is 15.6 Å². The van der Waals surface area contributed by atoms with Crippen LogP contribution in [-0.4, -0.2) is 17.7 Å². The first kappa shape index (κ1) is 15.7. The molecule has 14 heavy (non-hydrogen) atoms. The van der Waals surface area contributed by atoms with E-state index in [1.54, 1.807) is 0 Å². The number of alkyl halides is 3. The summed E-state index contributed by atoms with van der Waals surface area (Å²) in [6.45, 7) is 6.54. The Kier molecular flexibility index (Phi) is 6.55. The van der Waals surface area contributed by atoms with Crippen LogP contribution in [0.5, 0.6) is 0 Å². The van der Waals surface area contributed by atoms with E-state index in [0.29, 0.717) is 5.54 Å². The van der Waals surface area contributed by atoms with Crippen molar-refractivity contribution in [3.05, 3.63) is 0 Å². The van der Waals surface area contributed by atoms with Gasteiger partial charge in [0.15, 0.2) is 0 Å². The van der Waals surface area contributed by atoms with Crippen molar-refractivity contribution in [1.82, 2.24) is 0 Å². The lowest BCUT2D eigenvalue weighted by Crippen LogP contribution is -2.70. The fourth-order valence-electron chi connectivity index (χ4n) is 0.250.